The van der Waals surface area contributed by atoms with E-state index >= 15 is 0 Å². The molecule has 0 heteroatoms. The highest BCUT2D eigenvalue weighted by atomic mass is 14.2. The molecule has 3 atom stereocenters. The molecule has 3 unspecified atom stereocenters. The van der Waals surface area contributed by atoms with E-state index < -0.39 is 0 Å². The average Bonchev–Trinajstić information content (AvgIpc) is 2.31. The van der Waals surface area contributed by atoms with Crippen LogP contribution in [0.5, 0.6) is 0 Å². The molecule has 1 aliphatic carbocycles. The normalized spacial score (nSPS) is 31.8. The second-order valence-corrected chi connectivity index (χ2v) is 6.04. The Morgan fingerprint density at radius 2 is 2.06 bits per heavy atom. The molecule has 0 aromatic carbocycles. The van der Waals surface area contributed by atoms with Crippen molar-refractivity contribution in [3.05, 3.63) is 23.8 Å². The predicted molar refractivity (Wildman–Crippen MR) is 78.1 cm³/mol. The van der Waals surface area contributed by atoms with Gasteiger partial charge in [0.05, 0.1) is 0 Å². The molecule has 0 amide bonds. The fourth-order valence-corrected chi connectivity index (χ4v) is 3.08. The molecule has 0 spiro atoms. The van der Waals surface area contributed by atoms with Crippen LogP contribution in [0.3, 0.4) is 0 Å². The summed E-state index contributed by atoms with van der Waals surface area (Å²) in [5.41, 5.74) is 1.62. The fraction of sp³-hybridized carbons (Fsp3) is 0.765. The van der Waals surface area contributed by atoms with Crippen LogP contribution in [0.15, 0.2) is 23.8 Å². The lowest BCUT2D eigenvalue weighted by atomic mass is 9.85. The van der Waals surface area contributed by atoms with Gasteiger partial charge >= 0.3 is 0 Å². The topological polar surface area (TPSA) is 0 Å². The first-order chi connectivity index (χ1) is 8.13. The zero-order chi connectivity index (χ0) is 12.7. The third kappa shape index (κ3) is 5.57. The smallest absolute Gasteiger partial charge is 0.0202 e. The highest BCUT2D eigenvalue weighted by molar-refractivity contribution is 5.04. The van der Waals surface area contributed by atoms with Gasteiger partial charge in [-0.3, -0.25) is 0 Å². The second-order valence-electron chi connectivity index (χ2n) is 6.04. The Labute approximate surface area is 108 Å². The molecule has 0 saturated carbocycles. The second kappa shape index (κ2) is 7.74. The molecule has 0 saturated heterocycles. The monoisotopic (exact) mass is 234 g/mol. The Morgan fingerprint density at radius 3 is 2.76 bits per heavy atom. The standard InChI is InChI=1S/C17H30/c1-5-6-7-11-17-13-15(3)12-14(2)9-8-10-16(17)4/h5-6,13-14,16-17H,7-12H2,1-4H3. The first kappa shape index (κ1) is 14.5. The van der Waals surface area contributed by atoms with Crippen LogP contribution < -0.4 is 0 Å². The summed E-state index contributed by atoms with van der Waals surface area (Å²) in [5.74, 6) is 2.55. The van der Waals surface area contributed by atoms with E-state index in [0.29, 0.717) is 0 Å². The summed E-state index contributed by atoms with van der Waals surface area (Å²) in [7, 11) is 0. The molecular formula is C17H30. The molecule has 0 bridgehead atoms. The third-order valence-corrected chi connectivity index (χ3v) is 4.16. The lowest BCUT2D eigenvalue weighted by molar-refractivity contribution is 0.363. The molecule has 0 aromatic rings. The molecule has 0 aliphatic heterocycles. The quantitative estimate of drug-likeness (QED) is 0.545. The first-order valence-electron chi connectivity index (χ1n) is 7.42. The van der Waals surface area contributed by atoms with Crippen molar-refractivity contribution in [3.8, 4) is 0 Å². The summed E-state index contributed by atoms with van der Waals surface area (Å²) < 4.78 is 0. The van der Waals surface area contributed by atoms with Gasteiger partial charge in [-0.2, -0.15) is 0 Å². The van der Waals surface area contributed by atoms with Crippen molar-refractivity contribution >= 4 is 0 Å². The number of rotatable bonds is 3. The summed E-state index contributed by atoms with van der Waals surface area (Å²) in [6.45, 7) is 9.30. The zero-order valence-corrected chi connectivity index (χ0v) is 12.2. The van der Waals surface area contributed by atoms with Crippen LogP contribution in [0, 0.1) is 17.8 Å². The van der Waals surface area contributed by atoms with E-state index in [1.165, 1.54) is 38.5 Å². The minimum absolute atomic E-state index is 0.802. The van der Waals surface area contributed by atoms with Gasteiger partial charge in [0.1, 0.15) is 0 Å². The molecular weight excluding hydrogens is 204 g/mol. The van der Waals surface area contributed by atoms with Crippen molar-refractivity contribution in [1.29, 1.82) is 0 Å². The van der Waals surface area contributed by atoms with Crippen LogP contribution in [0.2, 0.25) is 0 Å². The van der Waals surface area contributed by atoms with E-state index in [1.807, 2.05) is 0 Å². The summed E-state index contributed by atoms with van der Waals surface area (Å²) in [6, 6.07) is 0. The van der Waals surface area contributed by atoms with E-state index in [4.69, 9.17) is 0 Å². The molecule has 0 nitrogen and oxygen atoms in total. The van der Waals surface area contributed by atoms with Gasteiger partial charge in [0.2, 0.25) is 0 Å². The van der Waals surface area contributed by atoms with E-state index in [1.54, 1.807) is 5.57 Å². The molecule has 0 radical (unpaired) electrons. The van der Waals surface area contributed by atoms with Gasteiger partial charge in [0.15, 0.2) is 0 Å². The maximum Gasteiger partial charge on any atom is -0.0202 e. The molecule has 1 aliphatic rings. The van der Waals surface area contributed by atoms with Crippen LogP contribution in [0.25, 0.3) is 0 Å². The van der Waals surface area contributed by atoms with Crippen LogP contribution in [-0.4, -0.2) is 0 Å². The Hall–Kier alpha value is -0.520. The molecule has 0 fully saturated rings. The molecule has 0 heterocycles. The van der Waals surface area contributed by atoms with E-state index in [9.17, 15) is 0 Å². The summed E-state index contributed by atoms with van der Waals surface area (Å²) in [4.78, 5) is 0. The van der Waals surface area contributed by atoms with Crippen molar-refractivity contribution in [3.63, 3.8) is 0 Å². The maximum absolute atomic E-state index is 2.58. The molecule has 0 aromatic heterocycles. The highest BCUT2D eigenvalue weighted by Crippen LogP contribution is 2.30. The molecule has 1 rings (SSSR count). The maximum atomic E-state index is 2.58. The van der Waals surface area contributed by atoms with E-state index in [0.717, 1.165) is 17.8 Å². The van der Waals surface area contributed by atoms with Gasteiger partial charge in [0.25, 0.3) is 0 Å². The SMILES string of the molecule is CC=CCCC1C=C(C)CC(C)CCCC1C. The summed E-state index contributed by atoms with van der Waals surface area (Å²) in [5, 5.41) is 0. The third-order valence-electron chi connectivity index (χ3n) is 4.16. The largest absolute Gasteiger partial charge is 0.0917 e. The lowest BCUT2D eigenvalue weighted by Crippen LogP contribution is -2.09. The molecule has 0 N–H and O–H groups in total. The van der Waals surface area contributed by atoms with E-state index in [2.05, 4.69) is 45.9 Å². The Morgan fingerprint density at radius 1 is 1.29 bits per heavy atom. The summed E-state index contributed by atoms with van der Waals surface area (Å²) >= 11 is 0. The summed E-state index contributed by atoms with van der Waals surface area (Å²) in [6.07, 6.45) is 15.2. The van der Waals surface area contributed by atoms with Gasteiger partial charge in [-0.15, -0.1) is 0 Å². The minimum atomic E-state index is 0.802. The minimum Gasteiger partial charge on any atom is -0.0917 e. The van der Waals surface area contributed by atoms with Crippen LogP contribution >= 0.6 is 0 Å². The number of hydrogen-bond donors (Lipinski definition) is 0. The number of allylic oxidation sites excluding steroid dienone is 4. The Bertz CT molecular complexity index is 259. The van der Waals surface area contributed by atoms with E-state index in [-0.39, 0.29) is 0 Å². The van der Waals surface area contributed by atoms with Crippen molar-refractivity contribution in [2.75, 3.05) is 0 Å². The van der Waals surface area contributed by atoms with Crippen LogP contribution in [0.4, 0.5) is 0 Å². The fourth-order valence-electron chi connectivity index (χ4n) is 3.08. The molecule has 98 valence electrons. The van der Waals surface area contributed by atoms with Crippen LogP contribution in [0.1, 0.15) is 66.2 Å². The average molecular weight is 234 g/mol. The first-order valence-corrected chi connectivity index (χ1v) is 7.42. The van der Waals surface area contributed by atoms with Crippen molar-refractivity contribution in [1.82, 2.24) is 0 Å². The van der Waals surface area contributed by atoms with Crippen LogP contribution in [-0.2, 0) is 0 Å². The predicted octanol–water partition coefficient (Wildman–Crippen LogP) is 5.75. The zero-order valence-electron chi connectivity index (χ0n) is 12.2. The van der Waals surface area contributed by atoms with Gasteiger partial charge in [0, 0.05) is 0 Å². The van der Waals surface area contributed by atoms with Crippen molar-refractivity contribution in [2.45, 2.75) is 66.2 Å². The lowest BCUT2D eigenvalue weighted by Gasteiger charge is -2.20. The molecule has 17 heavy (non-hydrogen) atoms. The highest BCUT2D eigenvalue weighted by Gasteiger charge is 2.17. The van der Waals surface area contributed by atoms with Gasteiger partial charge in [-0.25, -0.2) is 0 Å². The number of hydrogen-bond acceptors (Lipinski definition) is 0. The van der Waals surface area contributed by atoms with Gasteiger partial charge < -0.3 is 0 Å². The van der Waals surface area contributed by atoms with Gasteiger partial charge in [-0.05, 0) is 50.9 Å². The van der Waals surface area contributed by atoms with Gasteiger partial charge in [-0.1, -0.05) is 56.9 Å². The van der Waals surface area contributed by atoms with Crippen molar-refractivity contribution < 1.29 is 0 Å². The van der Waals surface area contributed by atoms with Crippen molar-refractivity contribution in [2.24, 2.45) is 17.8 Å². The Balaban J connectivity index is 2.64. The Kier molecular flexibility index (Phi) is 6.62.